The SMILES string of the molecule is CC(C)c1cc(O[C@@H](Cc2ccccc2)C(=O)O)cc(O[C@@H]2CCCC[C@H]2O[C@@H]2O[C@@H](C)[C@@H](O)[C@@H](O)[C@@H]2O)c1. The van der Waals surface area contributed by atoms with E-state index in [1.165, 1.54) is 0 Å². The molecule has 1 aliphatic heterocycles. The molecule has 2 aromatic rings. The molecule has 0 aromatic heterocycles. The minimum absolute atomic E-state index is 0.145. The van der Waals surface area contributed by atoms with E-state index in [1.54, 1.807) is 13.0 Å². The molecular weight excluding hydrogens is 504 g/mol. The van der Waals surface area contributed by atoms with Gasteiger partial charge >= 0.3 is 5.97 Å². The van der Waals surface area contributed by atoms with Gasteiger partial charge in [-0.15, -0.1) is 0 Å². The van der Waals surface area contributed by atoms with E-state index in [0.717, 1.165) is 24.0 Å². The summed E-state index contributed by atoms with van der Waals surface area (Å²) < 4.78 is 24.2. The summed E-state index contributed by atoms with van der Waals surface area (Å²) in [5.41, 5.74) is 1.80. The van der Waals surface area contributed by atoms with Crippen molar-refractivity contribution < 1.29 is 44.2 Å². The van der Waals surface area contributed by atoms with E-state index < -0.39 is 48.9 Å². The molecule has 0 bridgehead atoms. The summed E-state index contributed by atoms with van der Waals surface area (Å²) in [6.07, 6.45) is -4.14. The molecule has 1 heterocycles. The van der Waals surface area contributed by atoms with Gasteiger partial charge in [0, 0.05) is 12.5 Å². The molecule has 1 saturated heterocycles. The predicted octanol–water partition coefficient (Wildman–Crippen LogP) is 3.42. The van der Waals surface area contributed by atoms with Crippen molar-refractivity contribution in [3.05, 3.63) is 59.7 Å². The highest BCUT2D eigenvalue weighted by atomic mass is 16.7. The number of hydrogen-bond acceptors (Lipinski definition) is 8. The van der Waals surface area contributed by atoms with Crippen LogP contribution in [0.15, 0.2) is 48.5 Å². The Morgan fingerprint density at radius 3 is 2.28 bits per heavy atom. The molecule has 0 amide bonds. The third-order valence-electron chi connectivity index (χ3n) is 7.43. The van der Waals surface area contributed by atoms with E-state index in [-0.39, 0.29) is 18.4 Å². The Bertz CT molecular complexity index is 1080. The van der Waals surface area contributed by atoms with Crippen molar-refractivity contribution in [3.8, 4) is 11.5 Å². The minimum Gasteiger partial charge on any atom is -0.488 e. The van der Waals surface area contributed by atoms with Crippen LogP contribution in [-0.2, 0) is 20.7 Å². The number of aliphatic hydroxyl groups excluding tert-OH is 3. The molecule has 39 heavy (non-hydrogen) atoms. The van der Waals surface area contributed by atoms with Gasteiger partial charge in [0.25, 0.3) is 0 Å². The molecule has 2 aromatic carbocycles. The van der Waals surface area contributed by atoms with Crippen molar-refractivity contribution in [1.29, 1.82) is 0 Å². The molecule has 2 fully saturated rings. The molecule has 0 radical (unpaired) electrons. The van der Waals surface area contributed by atoms with E-state index in [2.05, 4.69) is 0 Å². The van der Waals surface area contributed by atoms with Crippen LogP contribution < -0.4 is 9.47 Å². The first-order valence-electron chi connectivity index (χ1n) is 13.7. The number of carbonyl (C=O) groups is 1. The molecule has 4 N–H and O–H groups in total. The van der Waals surface area contributed by atoms with Gasteiger partial charge in [-0.2, -0.15) is 0 Å². The van der Waals surface area contributed by atoms with Gasteiger partial charge in [0.15, 0.2) is 12.4 Å². The Balaban J connectivity index is 1.51. The standard InChI is InChI=1S/C30H40O9/c1-17(2)20-14-21(16-22(15-20)38-25(29(34)35)13-19-9-5-4-6-10-19)37-23-11-7-8-12-24(23)39-30-28(33)27(32)26(31)18(3)36-30/h4-6,9-10,14-18,23-28,30-33H,7-8,11-13H2,1-3H3,(H,34,35)/t18-,23+,24+,25-,26+,27+,28-,30-/m0/s1. The maximum atomic E-state index is 12.0. The van der Waals surface area contributed by atoms with Crippen LogP contribution in [0.25, 0.3) is 0 Å². The zero-order valence-electron chi connectivity index (χ0n) is 22.7. The van der Waals surface area contributed by atoms with Crippen molar-refractivity contribution in [2.24, 2.45) is 0 Å². The van der Waals surface area contributed by atoms with Gasteiger partial charge < -0.3 is 39.4 Å². The fraction of sp³-hybridized carbons (Fsp3) is 0.567. The Morgan fingerprint density at radius 1 is 0.949 bits per heavy atom. The van der Waals surface area contributed by atoms with Crippen LogP contribution in [0, 0.1) is 0 Å². The minimum atomic E-state index is -1.39. The van der Waals surface area contributed by atoms with Crippen molar-refractivity contribution >= 4 is 5.97 Å². The quantitative estimate of drug-likeness (QED) is 0.355. The van der Waals surface area contributed by atoms with Crippen LogP contribution >= 0.6 is 0 Å². The largest absolute Gasteiger partial charge is 0.488 e. The fourth-order valence-corrected chi connectivity index (χ4v) is 5.06. The van der Waals surface area contributed by atoms with Gasteiger partial charge in [-0.25, -0.2) is 4.79 Å². The second kappa shape index (κ2) is 13.1. The molecular formula is C30H40O9. The molecule has 4 rings (SSSR count). The van der Waals surface area contributed by atoms with Crippen LogP contribution in [0.2, 0.25) is 0 Å². The fourth-order valence-electron chi connectivity index (χ4n) is 5.06. The average molecular weight is 545 g/mol. The Kier molecular flexibility index (Phi) is 9.85. The second-order valence-corrected chi connectivity index (χ2v) is 10.8. The lowest BCUT2D eigenvalue weighted by Crippen LogP contribution is -2.58. The number of aliphatic hydroxyl groups is 3. The zero-order chi connectivity index (χ0) is 28.1. The maximum Gasteiger partial charge on any atom is 0.345 e. The van der Waals surface area contributed by atoms with Crippen LogP contribution in [-0.4, -0.2) is 75.4 Å². The Hall–Kier alpha value is -2.69. The molecule has 2 aliphatic rings. The van der Waals surface area contributed by atoms with Crippen LogP contribution in [0.1, 0.15) is 63.5 Å². The van der Waals surface area contributed by atoms with Gasteiger partial charge in [-0.05, 0) is 55.4 Å². The molecule has 214 valence electrons. The summed E-state index contributed by atoms with van der Waals surface area (Å²) in [4.78, 5) is 12.0. The lowest BCUT2D eigenvalue weighted by Gasteiger charge is -2.42. The van der Waals surface area contributed by atoms with Gasteiger partial charge in [0.05, 0.1) is 12.2 Å². The summed E-state index contributed by atoms with van der Waals surface area (Å²) in [5, 5.41) is 40.5. The van der Waals surface area contributed by atoms with Gasteiger partial charge in [0.1, 0.15) is 35.9 Å². The first-order chi connectivity index (χ1) is 18.6. The lowest BCUT2D eigenvalue weighted by atomic mass is 9.93. The summed E-state index contributed by atoms with van der Waals surface area (Å²) in [6, 6.07) is 14.8. The van der Waals surface area contributed by atoms with Crippen LogP contribution in [0.5, 0.6) is 11.5 Å². The number of benzene rings is 2. The summed E-state index contributed by atoms with van der Waals surface area (Å²) in [5.74, 6) is 0.0377. The highest BCUT2D eigenvalue weighted by molar-refractivity contribution is 5.73. The summed E-state index contributed by atoms with van der Waals surface area (Å²) in [6.45, 7) is 5.69. The first kappa shape index (κ1) is 29.3. The van der Waals surface area contributed by atoms with E-state index in [4.69, 9.17) is 18.9 Å². The molecule has 0 unspecified atom stereocenters. The molecule has 1 aliphatic carbocycles. The van der Waals surface area contributed by atoms with E-state index in [9.17, 15) is 25.2 Å². The normalized spacial score (nSPS) is 30.1. The third-order valence-corrected chi connectivity index (χ3v) is 7.43. The zero-order valence-corrected chi connectivity index (χ0v) is 22.7. The number of aliphatic carboxylic acids is 1. The lowest BCUT2D eigenvalue weighted by molar-refractivity contribution is -0.311. The monoisotopic (exact) mass is 544 g/mol. The number of hydrogen-bond donors (Lipinski definition) is 4. The summed E-state index contributed by atoms with van der Waals surface area (Å²) in [7, 11) is 0. The van der Waals surface area contributed by atoms with E-state index in [0.29, 0.717) is 24.3 Å². The van der Waals surface area contributed by atoms with Gasteiger partial charge in [-0.1, -0.05) is 50.6 Å². The summed E-state index contributed by atoms with van der Waals surface area (Å²) >= 11 is 0. The smallest absolute Gasteiger partial charge is 0.345 e. The van der Waals surface area contributed by atoms with Crippen molar-refractivity contribution in [1.82, 2.24) is 0 Å². The number of carboxylic acids is 1. The molecule has 1 saturated carbocycles. The highest BCUT2D eigenvalue weighted by Crippen LogP contribution is 2.33. The second-order valence-electron chi connectivity index (χ2n) is 10.8. The van der Waals surface area contributed by atoms with Crippen LogP contribution in [0.3, 0.4) is 0 Å². The molecule has 0 spiro atoms. The molecule has 8 atom stereocenters. The molecule has 9 heteroatoms. The van der Waals surface area contributed by atoms with Crippen molar-refractivity contribution in [2.75, 3.05) is 0 Å². The Morgan fingerprint density at radius 2 is 1.62 bits per heavy atom. The maximum absolute atomic E-state index is 12.0. The van der Waals surface area contributed by atoms with Crippen molar-refractivity contribution in [3.63, 3.8) is 0 Å². The van der Waals surface area contributed by atoms with Crippen molar-refractivity contribution in [2.45, 2.75) is 108 Å². The first-order valence-corrected chi connectivity index (χ1v) is 13.7. The third kappa shape index (κ3) is 7.49. The average Bonchev–Trinajstić information content (AvgIpc) is 2.91. The Labute approximate surface area is 229 Å². The van der Waals surface area contributed by atoms with Gasteiger partial charge in [-0.3, -0.25) is 0 Å². The number of ether oxygens (including phenoxy) is 4. The van der Waals surface area contributed by atoms with Crippen LogP contribution in [0.4, 0.5) is 0 Å². The predicted molar refractivity (Wildman–Crippen MR) is 143 cm³/mol. The van der Waals surface area contributed by atoms with E-state index >= 15 is 0 Å². The highest BCUT2D eigenvalue weighted by Gasteiger charge is 2.44. The number of carboxylic acid groups (broad SMARTS) is 1. The topological polar surface area (TPSA) is 135 Å². The van der Waals surface area contributed by atoms with E-state index in [1.807, 2.05) is 56.3 Å². The number of rotatable bonds is 10. The van der Waals surface area contributed by atoms with Gasteiger partial charge in [0.2, 0.25) is 0 Å². The molecule has 9 nitrogen and oxygen atoms in total.